The largest absolute Gasteiger partial charge is 0.424 e. The fourth-order valence-corrected chi connectivity index (χ4v) is 2.30. The molecule has 0 spiro atoms. The summed E-state index contributed by atoms with van der Waals surface area (Å²) in [5.74, 6) is 2.18. The van der Waals surface area contributed by atoms with Crippen molar-refractivity contribution in [2.45, 2.75) is 33.2 Å². The van der Waals surface area contributed by atoms with Crippen LogP contribution in [0.25, 0.3) is 11.1 Å². The average Bonchev–Trinajstić information content (AvgIpc) is 2.99. The Balaban J connectivity index is 1.77. The molecule has 0 bridgehead atoms. The molecule has 3 aromatic rings. The van der Waals surface area contributed by atoms with Gasteiger partial charge in [0.25, 0.3) is 6.01 Å². The van der Waals surface area contributed by atoms with E-state index < -0.39 is 0 Å². The van der Waals surface area contributed by atoms with E-state index >= 15 is 0 Å². The third-order valence-electron chi connectivity index (χ3n) is 3.46. The first kappa shape index (κ1) is 13.6. The molecule has 0 unspecified atom stereocenters. The van der Waals surface area contributed by atoms with E-state index in [1.54, 1.807) is 0 Å². The van der Waals surface area contributed by atoms with Gasteiger partial charge < -0.3 is 14.3 Å². The number of aromatic nitrogens is 4. The Morgan fingerprint density at radius 3 is 2.81 bits per heavy atom. The van der Waals surface area contributed by atoms with Crippen LogP contribution in [0.1, 0.15) is 37.0 Å². The second kappa shape index (κ2) is 5.20. The highest BCUT2D eigenvalue weighted by molar-refractivity contribution is 5.75. The predicted octanol–water partition coefficient (Wildman–Crippen LogP) is 3.00. The molecule has 1 N–H and O–H groups in total. The van der Waals surface area contributed by atoms with Crippen LogP contribution < -0.4 is 5.32 Å². The van der Waals surface area contributed by atoms with E-state index in [9.17, 15) is 0 Å². The number of nitrogens with zero attached hydrogens (tertiary/aromatic N) is 4. The van der Waals surface area contributed by atoms with Crippen LogP contribution in [0, 0.1) is 6.92 Å². The Hall–Kier alpha value is -2.37. The van der Waals surface area contributed by atoms with Gasteiger partial charge in [-0.15, -0.1) is 10.2 Å². The number of rotatable bonds is 4. The van der Waals surface area contributed by atoms with Crippen molar-refractivity contribution in [2.75, 3.05) is 5.32 Å². The van der Waals surface area contributed by atoms with Crippen LogP contribution in [0.15, 0.2) is 22.6 Å². The standard InChI is InChI=1S/C15H19N5O/c1-9(2)14-19-18-13(20(14)4)8-16-15-17-11-7-10(3)5-6-12(11)21-15/h5-7,9H,8H2,1-4H3,(H,16,17). The molecule has 0 fully saturated rings. The van der Waals surface area contributed by atoms with Crippen LogP contribution in [-0.4, -0.2) is 19.7 Å². The summed E-state index contributed by atoms with van der Waals surface area (Å²) in [6, 6.07) is 6.45. The molecule has 2 heterocycles. The third-order valence-corrected chi connectivity index (χ3v) is 3.46. The van der Waals surface area contributed by atoms with Gasteiger partial charge in [-0.05, 0) is 24.6 Å². The SMILES string of the molecule is Cc1ccc2oc(NCc3nnc(C(C)C)n3C)nc2c1. The van der Waals surface area contributed by atoms with E-state index in [1.165, 1.54) is 0 Å². The van der Waals surface area contributed by atoms with Gasteiger partial charge in [0.1, 0.15) is 11.3 Å². The average molecular weight is 285 g/mol. The Labute approximate surface area is 123 Å². The van der Waals surface area contributed by atoms with Crippen molar-refractivity contribution in [3.8, 4) is 0 Å². The third kappa shape index (κ3) is 2.61. The number of nitrogens with one attached hydrogen (secondary N) is 1. The molecule has 0 aliphatic carbocycles. The van der Waals surface area contributed by atoms with Crippen LogP contribution >= 0.6 is 0 Å². The lowest BCUT2D eigenvalue weighted by molar-refractivity contribution is 0.610. The minimum atomic E-state index is 0.351. The fourth-order valence-electron chi connectivity index (χ4n) is 2.30. The second-order valence-electron chi connectivity index (χ2n) is 5.53. The lowest BCUT2D eigenvalue weighted by Gasteiger charge is -2.06. The molecule has 0 saturated heterocycles. The Morgan fingerprint density at radius 2 is 2.10 bits per heavy atom. The van der Waals surface area contributed by atoms with Crippen LogP contribution in [0.5, 0.6) is 0 Å². The van der Waals surface area contributed by atoms with Crippen molar-refractivity contribution < 1.29 is 4.42 Å². The minimum Gasteiger partial charge on any atom is -0.424 e. The van der Waals surface area contributed by atoms with Gasteiger partial charge in [-0.3, -0.25) is 0 Å². The van der Waals surface area contributed by atoms with E-state index in [0.29, 0.717) is 18.5 Å². The van der Waals surface area contributed by atoms with Crippen LogP contribution in [0.2, 0.25) is 0 Å². The molecule has 0 atom stereocenters. The number of hydrogen-bond donors (Lipinski definition) is 1. The van der Waals surface area contributed by atoms with Gasteiger partial charge in [0.05, 0.1) is 6.54 Å². The summed E-state index contributed by atoms with van der Waals surface area (Å²) in [6.07, 6.45) is 0. The summed E-state index contributed by atoms with van der Waals surface area (Å²) in [7, 11) is 1.97. The summed E-state index contributed by atoms with van der Waals surface area (Å²) in [6.45, 7) is 6.77. The molecule has 0 amide bonds. The van der Waals surface area contributed by atoms with E-state index in [4.69, 9.17) is 4.42 Å². The molecule has 6 heteroatoms. The molecule has 6 nitrogen and oxygen atoms in total. The highest BCUT2D eigenvalue weighted by Crippen LogP contribution is 2.20. The zero-order valence-corrected chi connectivity index (χ0v) is 12.7. The zero-order chi connectivity index (χ0) is 15.0. The van der Waals surface area contributed by atoms with Crippen molar-refractivity contribution in [1.82, 2.24) is 19.7 Å². The van der Waals surface area contributed by atoms with Crippen molar-refractivity contribution >= 4 is 17.1 Å². The minimum absolute atomic E-state index is 0.351. The normalized spacial score (nSPS) is 11.5. The summed E-state index contributed by atoms with van der Waals surface area (Å²) < 4.78 is 7.66. The molecule has 21 heavy (non-hydrogen) atoms. The van der Waals surface area contributed by atoms with E-state index in [1.807, 2.05) is 36.7 Å². The molecule has 3 rings (SSSR count). The first-order valence-electron chi connectivity index (χ1n) is 7.04. The van der Waals surface area contributed by atoms with Crippen LogP contribution in [0.4, 0.5) is 6.01 Å². The molecule has 0 radical (unpaired) electrons. The van der Waals surface area contributed by atoms with Gasteiger partial charge in [0.15, 0.2) is 11.4 Å². The summed E-state index contributed by atoms with van der Waals surface area (Å²) in [5.41, 5.74) is 2.81. The number of hydrogen-bond acceptors (Lipinski definition) is 5. The maximum Gasteiger partial charge on any atom is 0.296 e. The molecule has 0 aliphatic rings. The van der Waals surface area contributed by atoms with Crippen molar-refractivity contribution in [3.05, 3.63) is 35.4 Å². The second-order valence-corrected chi connectivity index (χ2v) is 5.53. The maximum atomic E-state index is 5.66. The molecule has 2 aromatic heterocycles. The summed E-state index contributed by atoms with van der Waals surface area (Å²) in [5, 5.41) is 11.6. The quantitative estimate of drug-likeness (QED) is 0.798. The lowest BCUT2D eigenvalue weighted by atomic mass is 10.2. The highest BCUT2D eigenvalue weighted by atomic mass is 16.4. The number of anilines is 1. The van der Waals surface area contributed by atoms with Gasteiger partial charge >= 0.3 is 0 Å². The highest BCUT2D eigenvalue weighted by Gasteiger charge is 2.12. The number of aryl methyl sites for hydroxylation is 1. The maximum absolute atomic E-state index is 5.66. The molecule has 0 saturated carbocycles. The van der Waals surface area contributed by atoms with Crippen molar-refractivity contribution in [2.24, 2.45) is 7.05 Å². The number of fused-ring (bicyclic) bond motifs is 1. The Bertz CT molecular complexity index is 772. The molecule has 110 valence electrons. The zero-order valence-electron chi connectivity index (χ0n) is 12.7. The van der Waals surface area contributed by atoms with E-state index in [-0.39, 0.29) is 0 Å². The molecular formula is C15H19N5O. The predicted molar refractivity (Wildman–Crippen MR) is 81.2 cm³/mol. The Kier molecular flexibility index (Phi) is 3.37. The van der Waals surface area contributed by atoms with Gasteiger partial charge in [0.2, 0.25) is 0 Å². The van der Waals surface area contributed by atoms with Crippen molar-refractivity contribution in [1.29, 1.82) is 0 Å². The first-order chi connectivity index (χ1) is 10.0. The van der Waals surface area contributed by atoms with Crippen molar-refractivity contribution in [3.63, 3.8) is 0 Å². The molecule has 1 aromatic carbocycles. The molecule has 0 aliphatic heterocycles. The van der Waals surface area contributed by atoms with E-state index in [0.717, 1.165) is 28.3 Å². The topological polar surface area (TPSA) is 68.8 Å². The van der Waals surface area contributed by atoms with Crippen LogP contribution in [0.3, 0.4) is 0 Å². The summed E-state index contributed by atoms with van der Waals surface area (Å²) in [4.78, 5) is 4.42. The lowest BCUT2D eigenvalue weighted by Crippen LogP contribution is -2.08. The van der Waals surface area contributed by atoms with Gasteiger partial charge in [0, 0.05) is 13.0 Å². The molecular weight excluding hydrogens is 266 g/mol. The number of benzene rings is 1. The fraction of sp³-hybridized carbons (Fsp3) is 0.400. The van der Waals surface area contributed by atoms with Crippen LogP contribution in [-0.2, 0) is 13.6 Å². The van der Waals surface area contributed by atoms with Gasteiger partial charge in [-0.25, -0.2) is 0 Å². The summed E-state index contributed by atoms with van der Waals surface area (Å²) >= 11 is 0. The Morgan fingerprint density at radius 1 is 1.29 bits per heavy atom. The van der Waals surface area contributed by atoms with Gasteiger partial charge in [-0.2, -0.15) is 4.98 Å². The smallest absolute Gasteiger partial charge is 0.296 e. The first-order valence-corrected chi connectivity index (χ1v) is 7.04. The monoisotopic (exact) mass is 285 g/mol. The van der Waals surface area contributed by atoms with Gasteiger partial charge in [-0.1, -0.05) is 19.9 Å². The number of oxazole rings is 1. The van der Waals surface area contributed by atoms with E-state index in [2.05, 4.69) is 34.3 Å².